The number of hydrogen-bond donors (Lipinski definition) is 2. The van der Waals surface area contributed by atoms with Gasteiger partial charge < -0.3 is 20.4 Å². The maximum atomic E-state index is 13.0. The summed E-state index contributed by atoms with van der Waals surface area (Å²) in [5, 5.41) is 5.89. The Labute approximate surface area is 236 Å². The van der Waals surface area contributed by atoms with Gasteiger partial charge in [-0.15, -0.1) is 0 Å². The molecular formula is C32H40N4O4. The standard InChI is InChI=1S/C32H40N4O4/c1-35(28-8-3-2-4-9-28)31(39)25-6-5-7-27(21-25)33-29(37)20-22-10-14-26(15-11-22)34-30(38)23-16-18-36(19-17-23)32(40)24-12-13-24/h5-7,10-11,14-15,21,23-24,28H,2-4,8-9,12-13,16-20H2,1H3,(H,33,37)(H,34,38). The zero-order valence-corrected chi connectivity index (χ0v) is 23.4. The molecule has 3 aliphatic rings. The minimum Gasteiger partial charge on any atom is -0.342 e. The van der Waals surface area contributed by atoms with Crippen LogP contribution in [0, 0.1) is 11.8 Å². The topological polar surface area (TPSA) is 98.8 Å². The van der Waals surface area contributed by atoms with E-state index in [1.54, 1.807) is 24.3 Å². The Balaban J connectivity index is 1.08. The van der Waals surface area contributed by atoms with Crippen molar-refractivity contribution in [3.05, 3.63) is 59.7 Å². The van der Waals surface area contributed by atoms with Crippen LogP contribution >= 0.6 is 0 Å². The van der Waals surface area contributed by atoms with Crippen molar-refractivity contribution >= 4 is 35.0 Å². The van der Waals surface area contributed by atoms with Gasteiger partial charge in [-0.3, -0.25) is 19.2 Å². The molecule has 2 aromatic rings. The second kappa shape index (κ2) is 12.7. The van der Waals surface area contributed by atoms with Crippen molar-refractivity contribution in [2.45, 2.75) is 70.3 Å². The number of piperidine rings is 1. The van der Waals surface area contributed by atoms with E-state index >= 15 is 0 Å². The second-order valence-corrected chi connectivity index (χ2v) is 11.6. The summed E-state index contributed by atoms with van der Waals surface area (Å²) in [5.41, 5.74) is 2.69. The summed E-state index contributed by atoms with van der Waals surface area (Å²) in [5.74, 6) is 0.166. The number of benzene rings is 2. The second-order valence-electron chi connectivity index (χ2n) is 11.6. The summed E-state index contributed by atoms with van der Waals surface area (Å²) in [6.45, 7) is 1.30. The van der Waals surface area contributed by atoms with Gasteiger partial charge in [-0.25, -0.2) is 0 Å². The maximum Gasteiger partial charge on any atom is 0.253 e. The Bertz CT molecular complexity index is 1230. The average molecular weight is 545 g/mol. The smallest absolute Gasteiger partial charge is 0.253 e. The van der Waals surface area contributed by atoms with Gasteiger partial charge in [0.2, 0.25) is 17.7 Å². The number of anilines is 2. The molecule has 1 aliphatic heterocycles. The Morgan fingerprint density at radius 2 is 1.50 bits per heavy atom. The van der Waals surface area contributed by atoms with Gasteiger partial charge in [0.25, 0.3) is 5.91 Å². The summed E-state index contributed by atoms with van der Waals surface area (Å²) in [6.07, 6.45) is 9.21. The first-order chi connectivity index (χ1) is 19.4. The first kappa shape index (κ1) is 27.9. The Hall–Kier alpha value is -3.68. The number of carbonyl (C=O) groups is 4. The zero-order chi connectivity index (χ0) is 28.1. The van der Waals surface area contributed by atoms with Crippen molar-refractivity contribution in [2.75, 3.05) is 30.8 Å². The van der Waals surface area contributed by atoms with Crippen molar-refractivity contribution in [2.24, 2.45) is 11.8 Å². The molecule has 2 aromatic carbocycles. The molecule has 4 amide bonds. The first-order valence-corrected chi connectivity index (χ1v) is 14.7. The van der Waals surface area contributed by atoms with Crippen LogP contribution < -0.4 is 10.6 Å². The fourth-order valence-electron chi connectivity index (χ4n) is 5.86. The normalized spacial score (nSPS) is 18.2. The zero-order valence-electron chi connectivity index (χ0n) is 23.4. The van der Waals surface area contributed by atoms with Crippen LogP contribution in [0.1, 0.15) is 73.7 Å². The minimum atomic E-state index is -0.172. The lowest BCUT2D eigenvalue weighted by molar-refractivity contribution is -0.135. The molecular weight excluding hydrogens is 504 g/mol. The molecule has 0 atom stereocenters. The van der Waals surface area contributed by atoms with Gasteiger partial charge in [0.05, 0.1) is 6.42 Å². The van der Waals surface area contributed by atoms with E-state index in [1.807, 2.05) is 41.1 Å². The molecule has 212 valence electrons. The van der Waals surface area contributed by atoms with E-state index in [2.05, 4.69) is 10.6 Å². The largest absolute Gasteiger partial charge is 0.342 e. The van der Waals surface area contributed by atoms with Crippen LogP contribution in [0.5, 0.6) is 0 Å². The molecule has 2 aliphatic carbocycles. The highest BCUT2D eigenvalue weighted by Crippen LogP contribution is 2.32. The fraction of sp³-hybridized carbons (Fsp3) is 0.500. The van der Waals surface area contributed by atoms with Gasteiger partial charge in [0, 0.05) is 55.0 Å². The molecule has 3 fully saturated rings. The molecule has 1 saturated heterocycles. The maximum absolute atomic E-state index is 13.0. The number of likely N-dealkylation sites (tertiary alicyclic amines) is 1. The first-order valence-electron chi connectivity index (χ1n) is 14.7. The third-order valence-electron chi connectivity index (χ3n) is 8.53. The van der Waals surface area contributed by atoms with Crippen LogP contribution in [0.2, 0.25) is 0 Å². The fourth-order valence-corrected chi connectivity index (χ4v) is 5.86. The summed E-state index contributed by atoms with van der Waals surface area (Å²) in [4.78, 5) is 54.5. The van der Waals surface area contributed by atoms with Gasteiger partial charge in [-0.2, -0.15) is 0 Å². The number of amides is 4. The third-order valence-corrected chi connectivity index (χ3v) is 8.53. The number of nitrogens with one attached hydrogen (secondary N) is 2. The molecule has 0 unspecified atom stereocenters. The molecule has 8 heteroatoms. The van der Waals surface area contributed by atoms with Gasteiger partial charge in [-0.1, -0.05) is 37.5 Å². The molecule has 40 heavy (non-hydrogen) atoms. The SMILES string of the molecule is CN(C(=O)c1cccc(NC(=O)Cc2ccc(NC(=O)C3CCN(C(=O)C4CC4)CC3)cc2)c1)C1CCCCC1. The predicted octanol–water partition coefficient (Wildman–Crippen LogP) is 4.86. The van der Waals surface area contributed by atoms with Crippen molar-refractivity contribution in [3.63, 3.8) is 0 Å². The highest BCUT2D eigenvalue weighted by Gasteiger charge is 2.36. The summed E-state index contributed by atoms with van der Waals surface area (Å²) in [6, 6.07) is 14.7. The molecule has 1 heterocycles. The highest BCUT2D eigenvalue weighted by atomic mass is 16.2. The predicted molar refractivity (Wildman–Crippen MR) is 155 cm³/mol. The van der Waals surface area contributed by atoms with Crippen LogP contribution in [0.3, 0.4) is 0 Å². The van der Waals surface area contributed by atoms with Gasteiger partial charge >= 0.3 is 0 Å². The van der Waals surface area contributed by atoms with E-state index in [0.717, 1.165) is 44.1 Å². The molecule has 2 N–H and O–H groups in total. The molecule has 2 saturated carbocycles. The van der Waals surface area contributed by atoms with Crippen LogP contribution in [-0.2, 0) is 20.8 Å². The number of nitrogens with zero attached hydrogens (tertiary/aromatic N) is 2. The van der Waals surface area contributed by atoms with E-state index in [-0.39, 0.29) is 47.9 Å². The van der Waals surface area contributed by atoms with E-state index in [4.69, 9.17) is 0 Å². The van der Waals surface area contributed by atoms with E-state index in [1.165, 1.54) is 6.42 Å². The number of carbonyl (C=O) groups excluding carboxylic acids is 4. The Kier molecular flexibility index (Phi) is 8.82. The van der Waals surface area contributed by atoms with Gasteiger partial charge in [-0.05, 0) is 74.4 Å². The highest BCUT2D eigenvalue weighted by molar-refractivity contribution is 5.98. The molecule has 0 spiro atoms. The Morgan fingerprint density at radius 1 is 0.800 bits per heavy atom. The molecule has 0 radical (unpaired) electrons. The molecule has 8 nitrogen and oxygen atoms in total. The summed E-state index contributed by atoms with van der Waals surface area (Å²) in [7, 11) is 1.87. The molecule has 0 bridgehead atoms. The number of hydrogen-bond acceptors (Lipinski definition) is 4. The monoisotopic (exact) mass is 544 g/mol. The molecule has 0 aromatic heterocycles. The van der Waals surface area contributed by atoms with Gasteiger partial charge in [0.1, 0.15) is 0 Å². The van der Waals surface area contributed by atoms with E-state index in [9.17, 15) is 19.2 Å². The Morgan fingerprint density at radius 3 is 2.17 bits per heavy atom. The van der Waals surface area contributed by atoms with Crippen LogP contribution in [0.25, 0.3) is 0 Å². The van der Waals surface area contributed by atoms with E-state index in [0.29, 0.717) is 42.9 Å². The average Bonchev–Trinajstić information content (AvgIpc) is 3.83. The quantitative estimate of drug-likeness (QED) is 0.496. The lowest BCUT2D eigenvalue weighted by Crippen LogP contribution is -2.42. The van der Waals surface area contributed by atoms with Crippen LogP contribution in [0.4, 0.5) is 11.4 Å². The van der Waals surface area contributed by atoms with E-state index < -0.39 is 0 Å². The summed E-state index contributed by atoms with van der Waals surface area (Å²) < 4.78 is 0. The van der Waals surface area contributed by atoms with Crippen LogP contribution in [-0.4, -0.2) is 59.6 Å². The van der Waals surface area contributed by atoms with Crippen molar-refractivity contribution in [1.82, 2.24) is 9.80 Å². The lowest BCUT2D eigenvalue weighted by atomic mass is 9.94. The van der Waals surface area contributed by atoms with Gasteiger partial charge in [0.15, 0.2) is 0 Å². The molecule has 5 rings (SSSR count). The van der Waals surface area contributed by atoms with Crippen LogP contribution in [0.15, 0.2) is 48.5 Å². The minimum absolute atomic E-state index is 0.0158. The summed E-state index contributed by atoms with van der Waals surface area (Å²) >= 11 is 0. The van der Waals surface area contributed by atoms with Crippen molar-refractivity contribution in [1.29, 1.82) is 0 Å². The number of rotatable bonds is 8. The third kappa shape index (κ3) is 7.09. The lowest BCUT2D eigenvalue weighted by Gasteiger charge is -2.31. The van der Waals surface area contributed by atoms with Crippen molar-refractivity contribution < 1.29 is 19.2 Å². The van der Waals surface area contributed by atoms with Crippen molar-refractivity contribution in [3.8, 4) is 0 Å².